The molecule has 0 aromatic heterocycles. The Balaban J connectivity index is 1.65. The average molecular weight is 260 g/mol. The fourth-order valence-electron chi connectivity index (χ4n) is 2.07. The van der Waals surface area contributed by atoms with Crippen LogP contribution in [0, 0.1) is 0 Å². The molecule has 0 radical (unpaired) electrons. The van der Waals surface area contributed by atoms with Gasteiger partial charge in [-0.05, 0) is 19.4 Å². The van der Waals surface area contributed by atoms with Gasteiger partial charge in [0.2, 0.25) is 5.91 Å². The molecule has 1 amide bonds. The Morgan fingerprint density at radius 1 is 1.38 bits per heavy atom. The monoisotopic (exact) mass is 260 g/mol. The van der Waals surface area contributed by atoms with Crippen molar-refractivity contribution in [2.45, 2.75) is 30.6 Å². The molecule has 0 spiro atoms. The van der Waals surface area contributed by atoms with Crippen LogP contribution in [0.2, 0.25) is 0 Å². The molecule has 2 unspecified atom stereocenters. The lowest BCUT2D eigenvalue weighted by atomic mass is 10.0. The molecule has 0 saturated carbocycles. The summed E-state index contributed by atoms with van der Waals surface area (Å²) in [5, 5.41) is 6.99. The van der Waals surface area contributed by atoms with E-state index in [0.29, 0.717) is 5.25 Å². The van der Waals surface area contributed by atoms with E-state index in [-0.39, 0.29) is 11.9 Å². The second-order valence-electron chi connectivity index (χ2n) is 4.32. The molecule has 2 atom stereocenters. The zero-order chi connectivity index (χ0) is 11.2. The zero-order valence-corrected chi connectivity index (χ0v) is 11.2. The summed E-state index contributed by atoms with van der Waals surface area (Å²) in [4.78, 5) is 11.9. The quantitative estimate of drug-likeness (QED) is 0.797. The number of hydrogen-bond donors (Lipinski definition) is 2. The highest BCUT2D eigenvalue weighted by Crippen LogP contribution is 2.23. The second-order valence-corrected chi connectivity index (χ2v) is 6.87. The minimum absolute atomic E-state index is 0.0648. The van der Waals surface area contributed by atoms with Gasteiger partial charge in [0.15, 0.2) is 0 Å². The predicted molar refractivity (Wildman–Crippen MR) is 72.2 cm³/mol. The van der Waals surface area contributed by atoms with Crippen molar-refractivity contribution >= 4 is 29.4 Å². The molecular formula is C11H20N2OS2. The molecule has 2 saturated heterocycles. The third-order valence-electron chi connectivity index (χ3n) is 3.02. The molecule has 3 nitrogen and oxygen atoms in total. The average Bonchev–Trinajstić information content (AvgIpc) is 2.38. The van der Waals surface area contributed by atoms with Gasteiger partial charge in [-0.1, -0.05) is 6.42 Å². The maximum absolute atomic E-state index is 11.9. The molecule has 5 heteroatoms. The van der Waals surface area contributed by atoms with E-state index in [1.54, 1.807) is 0 Å². The predicted octanol–water partition coefficient (Wildman–Crippen LogP) is 1.09. The topological polar surface area (TPSA) is 41.1 Å². The van der Waals surface area contributed by atoms with Crippen LogP contribution in [0.5, 0.6) is 0 Å². The second kappa shape index (κ2) is 6.77. The maximum atomic E-state index is 11.9. The Bertz CT molecular complexity index is 226. The van der Waals surface area contributed by atoms with E-state index in [0.717, 1.165) is 19.5 Å². The Morgan fingerprint density at radius 2 is 2.31 bits per heavy atom. The number of amides is 1. The van der Waals surface area contributed by atoms with Crippen molar-refractivity contribution in [2.24, 2.45) is 0 Å². The van der Waals surface area contributed by atoms with Gasteiger partial charge in [0.25, 0.3) is 0 Å². The lowest BCUT2D eigenvalue weighted by Gasteiger charge is -2.25. The third-order valence-corrected chi connectivity index (χ3v) is 5.86. The number of nitrogens with one attached hydrogen (secondary N) is 2. The van der Waals surface area contributed by atoms with E-state index in [4.69, 9.17) is 0 Å². The maximum Gasteiger partial charge on any atom is 0.237 e. The highest BCUT2D eigenvalue weighted by atomic mass is 32.2. The lowest BCUT2D eigenvalue weighted by molar-refractivity contribution is -0.123. The van der Waals surface area contributed by atoms with Crippen LogP contribution in [0.15, 0.2) is 0 Å². The van der Waals surface area contributed by atoms with Gasteiger partial charge < -0.3 is 10.6 Å². The summed E-state index contributed by atoms with van der Waals surface area (Å²) in [6.45, 7) is 1.83. The first kappa shape index (κ1) is 12.6. The molecule has 2 fully saturated rings. The summed E-state index contributed by atoms with van der Waals surface area (Å²) in [6, 6.07) is 0.0648. The van der Waals surface area contributed by atoms with Crippen LogP contribution in [-0.2, 0) is 4.79 Å². The minimum atomic E-state index is 0.0648. The molecule has 16 heavy (non-hydrogen) atoms. The van der Waals surface area contributed by atoms with Gasteiger partial charge >= 0.3 is 0 Å². The summed E-state index contributed by atoms with van der Waals surface area (Å²) in [7, 11) is 0. The van der Waals surface area contributed by atoms with Crippen molar-refractivity contribution in [1.82, 2.24) is 10.6 Å². The summed E-state index contributed by atoms with van der Waals surface area (Å²) in [5.74, 6) is 3.88. The van der Waals surface area contributed by atoms with Crippen molar-refractivity contribution in [3.63, 3.8) is 0 Å². The van der Waals surface area contributed by atoms with Crippen molar-refractivity contribution in [1.29, 1.82) is 0 Å². The van der Waals surface area contributed by atoms with Gasteiger partial charge in [0.05, 0.1) is 6.04 Å². The fourth-order valence-corrected chi connectivity index (χ4v) is 4.68. The molecule has 2 aliphatic heterocycles. The molecule has 92 valence electrons. The van der Waals surface area contributed by atoms with Crippen molar-refractivity contribution in [2.75, 3.05) is 30.3 Å². The van der Waals surface area contributed by atoms with E-state index in [2.05, 4.69) is 10.6 Å². The molecule has 2 N–H and O–H groups in total. The number of thioether (sulfide) groups is 2. The highest BCUT2D eigenvalue weighted by molar-refractivity contribution is 8.06. The van der Waals surface area contributed by atoms with E-state index < -0.39 is 0 Å². The van der Waals surface area contributed by atoms with Gasteiger partial charge in [-0.15, -0.1) is 0 Å². The third kappa shape index (κ3) is 3.86. The number of piperidine rings is 1. The lowest BCUT2D eigenvalue weighted by Crippen LogP contribution is -2.48. The van der Waals surface area contributed by atoms with Crippen LogP contribution in [0.1, 0.15) is 19.3 Å². The first-order chi connectivity index (χ1) is 7.86. The fraction of sp³-hybridized carbons (Fsp3) is 0.909. The molecule has 2 rings (SSSR count). The first-order valence-corrected chi connectivity index (χ1v) is 8.27. The summed E-state index contributed by atoms with van der Waals surface area (Å²) in [5.41, 5.74) is 0. The minimum Gasteiger partial charge on any atom is -0.354 e. The SMILES string of the molecule is O=C(NCC1CSCCS1)C1CCCCN1. The Morgan fingerprint density at radius 3 is 3.00 bits per heavy atom. The van der Waals surface area contributed by atoms with Crippen molar-refractivity contribution in [3.05, 3.63) is 0 Å². The van der Waals surface area contributed by atoms with Crippen molar-refractivity contribution < 1.29 is 4.79 Å². The highest BCUT2D eigenvalue weighted by Gasteiger charge is 2.21. The van der Waals surface area contributed by atoms with Crippen molar-refractivity contribution in [3.8, 4) is 0 Å². The number of carbonyl (C=O) groups excluding carboxylic acids is 1. The number of carbonyl (C=O) groups is 1. The van der Waals surface area contributed by atoms with E-state index in [1.807, 2.05) is 23.5 Å². The summed E-state index contributed by atoms with van der Waals surface area (Å²) in [6.07, 6.45) is 3.39. The number of hydrogen-bond acceptors (Lipinski definition) is 4. The van der Waals surface area contributed by atoms with Gasteiger partial charge in [0.1, 0.15) is 0 Å². The van der Waals surface area contributed by atoms with E-state index >= 15 is 0 Å². The smallest absolute Gasteiger partial charge is 0.237 e. The van der Waals surface area contributed by atoms with Crippen LogP contribution in [-0.4, -0.2) is 47.5 Å². The zero-order valence-electron chi connectivity index (χ0n) is 9.54. The van der Waals surface area contributed by atoms with E-state index in [1.165, 1.54) is 30.1 Å². The number of rotatable bonds is 3. The Labute approximate surface area is 106 Å². The standard InChI is InChI=1S/C11H20N2OS2/c14-11(10-3-1-2-4-12-10)13-7-9-8-15-5-6-16-9/h9-10,12H,1-8H2,(H,13,14). The van der Waals surface area contributed by atoms with Gasteiger partial charge in [0, 0.05) is 29.1 Å². The normalized spacial score (nSPS) is 31.0. The van der Waals surface area contributed by atoms with Gasteiger partial charge in [-0.3, -0.25) is 4.79 Å². The molecule has 0 aromatic rings. The molecule has 0 aromatic carbocycles. The van der Waals surface area contributed by atoms with E-state index in [9.17, 15) is 4.79 Å². The van der Waals surface area contributed by atoms with Crippen LogP contribution in [0.25, 0.3) is 0 Å². The van der Waals surface area contributed by atoms with Crippen LogP contribution < -0.4 is 10.6 Å². The van der Waals surface area contributed by atoms with Crippen LogP contribution in [0.3, 0.4) is 0 Å². The largest absolute Gasteiger partial charge is 0.354 e. The van der Waals surface area contributed by atoms with Crippen LogP contribution in [0.4, 0.5) is 0 Å². The van der Waals surface area contributed by atoms with Gasteiger partial charge in [-0.2, -0.15) is 23.5 Å². The molecule has 0 aliphatic carbocycles. The molecule has 2 heterocycles. The first-order valence-electron chi connectivity index (χ1n) is 6.07. The summed E-state index contributed by atoms with van der Waals surface area (Å²) >= 11 is 4.00. The molecule has 0 bridgehead atoms. The molecule has 2 aliphatic rings. The summed E-state index contributed by atoms with van der Waals surface area (Å²) < 4.78 is 0. The Hall–Kier alpha value is 0.130. The van der Waals surface area contributed by atoms with Gasteiger partial charge in [-0.25, -0.2) is 0 Å². The Kier molecular flexibility index (Phi) is 5.32. The molecular weight excluding hydrogens is 240 g/mol. The van der Waals surface area contributed by atoms with Crippen LogP contribution >= 0.6 is 23.5 Å².